The molecule has 0 radical (unpaired) electrons. The zero-order valence-corrected chi connectivity index (χ0v) is 12.1. The van der Waals surface area contributed by atoms with Gasteiger partial charge in [0.05, 0.1) is 19.1 Å². The van der Waals surface area contributed by atoms with Crippen LogP contribution in [0.15, 0.2) is 30.5 Å². The van der Waals surface area contributed by atoms with E-state index < -0.39 is 0 Å². The number of hydrogen-bond acceptors (Lipinski definition) is 4. The second-order valence-corrected chi connectivity index (χ2v) is 4.79. The summed E-state index contributed by atoms with van der Waals surface area (Å²) in [5.74, 6) is 1.74. The van der Waals surface area contributed by atoms with Gasteiger partial charge in [-0.3, -0.25) is 0 Å². The number of aromatic nitrogens is 1. The van der Waals surface area contributed by atoms with E-state index in [4.69, 9.17) is 10.00 Å². The Balaban J connectivity index is 2.45. The molecule has 104 valence electrons. The lowest BCUT2D eigenvalue weighted by molar-refractivity contribution is 0.415. The van der Waals surface area contributed by atoms with Crippen LogP contribution in [0.4, 0.5) is 5.82 Å². The minimum atomic E-state index is -0.0229. The summed E-state index contributed by atoms with van der Waals surface area (Å²) >= 11 is 0. The van der Waals surface area contributed by atoms with Crippen molar-refractivity contribution in [1.29, 1.82) is 5.26 Å². The summed E-state index contributed by atoms with van der Waals surface area (Å²) in [6.07, 6.45) is 1.80. The molecule has 0 spiro atoms. The highest BCUT2D eigenvalue weighted by Gasteiger charge is 2.13. The second-order valence-electron chi connectivity index (χ2n) is 4.79. The maximum Gasteiger partial charge on any atom is 0.136 e. The SMILES string of the molecule is CCN(CC(C)C#N)c1nccc2cc(OC)ccc12. The fourth-order valence-electron chi connectivity index (χ4n) is 2.26. The Kier molecular flexibility index (Phi) is 4.41. The minimum absolute atomic E-state index is 0.0229. The fraction of sp³-hybridized carbons (Fsp3) is 0.375. The summed E-state index contributed by atoms with van der Waals surface area (Å²) in [4.78, 5) is 6.64. The zero-order chi connectivity index (χ0) is 14.5. The van der Waals surface area contributed by atoms with E-state index in [0.29, 0.717) is 6.54 Å². The maximum absolute atomic E-state index is 8.99. The third kappa shape index (κ3) is 2.83. The molecule has 2 rings (SSSR count). The van der Waals surface area contributed by atoms with E-state index in [1.54, 1.807) is 13.3 Å². The molecule has 0 N–H and O–H groups in total. The lowest BCUT2D eigenvalue weighted by atomic mass is 10.1. The van der Waals surface area contributed by atoms with E-state index in [-0.39, 0.29) is 5.92 Å². The van der Waals surface area contributed by atoms with Gasteiger partial charge < -0.3 is 9.64 Å². The van der Waals surface area contributed by atoms with Gasteiger partial charge in [-0.15, -0.1) is 0 Å². The predicted molar refractivity (Wildman–Crippen MR) is 81.0 cm³/mol. The number of hydrogen-bond donors (Lipinski definition) is 0. The molecule has 1 aromatic carbocycles. The van der Waals surface area contributed by atoms with Crippen LogP contribution in [0.1, 0.15) is 13.8 Å². The molecular formula is C16H19N3O. The Morgan fingerprint density at radius 2 is 2.20 bits per heavy atom. The first kappa shape index (κ1) is 14.1. The Labute approximate surface area is 119 Å². The van der Waals surface area contributed by atoms with Gasteiger partial charge >= 0.3 is 0 Å². The molecule has 0 aliphatic heterocycles. The van der Waals surface area contributed by atoms with Crippen LogP contribution >= 0.6 is 0 Å². The first-order valence-electron chi connectivity index (χ1n) is 6.77. The molecule has 0 saturated carbocycles. The van der Waals surface area contributed by atoms with E-state index in [1.165, 1.54) is 0 Å². The summed E-state index contributed by atoms with van der Waals surface area (Å²) in [7, 11) is 1.66. The zero-order valence-electron chi connectivity index (χ0n) is 12.1. The molecule has 0 bridgehead atoms. The van der Waals surface area contributed by atoms with Gasteiger partial charge in [-0.05, 0) is 43.5 Å². The van der Waals surface area contributed by atoms with Crippen molar-refractivity contribution >= 4 is 16.6 Å². The molecule has 1 unspecified atom stereocenters. The summed E-state index contributed by atoms with van der Waals surface area (Å²) in [6.45, 7) is 5.51. The highest BCUT2D eigenvalue weighted by Crippen LogP contribution is 2.28. The molecule has 1 heterocycles. The molecule has 1 atom stereocenters. The van der Waals surface area contributed by atoms with Crippen molar-refractivity contribution in [2.75, 3.05) is 25.1 Å². The molecule has 4 nitrogen and oxygen atoms in total. The number of ether oxygens (including phenoxy) is 1. The molecule has 2 aromatic rings. The van der Waals surface area contributed by atoms with Crippen LogP contribution in [-0.4, -0.2) is 25.2 Å². The number of benzene rings is 1. The highest BCUT2D eigenvalue weighted by molar-refractivity contribution is 5.93. The van der Waals surface area contributed by atoms with Gasteiger partial charge in [-0.25, -0.2) is 4.98 Å². The smallest absolute Gasteiger partial charge is 0.136 e. The molecule has 4 heteroatoms. The quantitative estimate of drug-likeness (QED) is 0.836. The third-order valence-electron chi connectivity index (χ3n) is 3.35. The van der Waals surface area contributed by atoms with E-state index in [1.807, 2.05) is 31.2 Å². The largest absolute Gasteiger partial charge is 0.497 e. The average Bonchev–Trinajstić information content (AvgIpc) is 2.51. The molecule has 0 aliphatic carbocycles. The van der Waals surface area contributed by atoms with Gasteiger partial charge in [0.25, 0.3) is 0 Å². The number of methoxy groups -OCH3 is 1. The Morgan fingerprint density at radius 3 is 2.85 bits per heavy atom. The van der Waals surface area contributed by atoms with Crippen molar-refractivity contribution in [2.24, 2.45) is 5.92 Å². The van der Waals surface area contributed by atoms with Crippen LogP contribution in [0, 0.1) is 17.2 Å². The minimum Gasteiger partial charge on any atom is -0.497 e. The molecule has 0 aliphatic rings. The monoisotopic (exact) mass is 269 g/mol. The van der Waals surface area contributed by atoms with Crippen molar-refractivity contribution in [3.05, 3.63) is 30.5 Å². The molecule has 0 saturated heterocycles. The summed E-state index contributed by atoms with van der Waals surface area (Å²) < 4.78 is 5.25. The Bertz CT molecular complexity index is 633. The molecule has 0 fully saturated rings. The summed E-state index contributed by atoms with van der Waals surface area (Å²) in [6, 6.07) is 10.2. The van der Waals surface area contributed by atoms with Gasteiger partial charge in [0.1, 0.15) is 11.6 Å². The van der Waals surface area contributed by atoms with Gasteiger partial charge in [-0.2, -0.15) is 5.26 Å². The molecule has 1 aromatic heterocycles. The van der Waals surface area contributed by atoms with Crippen molar-refractivity contribution in [3.8, 4) is 11.8 Å². The lowest BCUT2D eigenvalue weighted by Crippen LogP contribution is -2.28. The number of nitriles is 1. The van der Waals surface area contributed by atoms with Crippen LogP contribution in [0.25, 0.3) is 10.8 Å². The number of rotatable bonds is 5. The van der Waals surface area contributed by atoms with Gasteiger partial charge in [0, 0.05) is 24.7 Å². The number of pyridine rings is 1. The van der Waals surface area contributed by atoms with E-state index >= 15 is 0 Å². The van der Waals surface area contributed by atoms with Crippen LogP contribution < -0.4 is 9.64 Å². The van der Waals surface area contributed by atoms with Crippen molar-refractivity contribution in [2.45, 2.75) is 13.8 Å². The van der Waals surface area contributed by atoms with Crippen molar-refractivity contribution < 1.29 is 4.74 Å². The Morgan fingerprint density at radius 1 is 1.40 bits per heavy atom. The first-order valence-corrected chi connectivity index (χ1v) is 6.77. The first-order chi connectivity index (χ1) is 9.69. The molecular weight excluding hydrogens is 250 g/mol. The van der Waals surface area contributed by atoms with E-state index in [2.05, 4.69) is 22.9 Å². The van der Waals surface area contributed by atoms with Crippen LogP contribution in [0.5, 0.6) is 5.75 Å². The van der Waals surface area contributed by atoms with Crippen LogP contribution in [0.2, 0.25) is 0 Å². The molecule has 0 amide bonds. The second kappa shape index (κ2) is 6.25. The van der Waals surface area contributed by atoms with Gasteiger partial charge in [-0.1, -0.05) is 0 Å². The number of nitrogens with zero attached hydrogens (tertiary/aromatic N) is 3. The van der Waals surface area contributed by atoms with Gasteiger partial charge in [0.2, 0.25) is 0 Å². The number of anilines is 1. The normalized spacial score (nSPS) is 11.9. The molecule has 20 heavy (non-hydrogen) atoms. The average molecular weight is 269 g/mol. The van der Waals surface area contributed by atoms with Crippen molar-refractivity contribution in [1.82, 2.24) is 4.98 Å². The third-order valence-corrected chi connectivity index (χ3v) is 3.35. The predicted octanol–water partition coefficient (Wildman–Crippen LogP) is 3.23. The topological polar surface area (TPSA) is 49.2 Å². The van der Waals surface area contributed by atoms with Gasteiger partial charge in [0.15, 0.2) is 0 Å². The van der Waals surface area contributed by atoms with E-state index in [0.717, 1.165) is 28.9 Å². The van der Waals surface area contributed by atoms with E-state index in [9.17, 15) is 0 Å². The Hall–Kier alpha value is -2.28. The van der Waals surface area contributed by atoms with Crippen molar-refractivity contribution in [3.63, 3.8) is 0 Å². The summed E-state index contributed by atoms with van der Waals surface area (Å²) in [5.41, 5.74) is 0. The number of fused-ring (bicyclic) bond motifs is 1. The maximum atomic E-state index is 8.99. The fourth-order valence-corrected chi connectivity index (χ4v) is 2.26. The van der Waals surface area contributed by atoms with Crippen LogP contribution in [-0.2, 0) is 0 Å². The van der Waals surface area contributed by atoms with Crippen LogP contribution in [0.3, 0.4) is 0 Å². The summed E-state index contributed by atoms with van der Waals surface area (Å²) in [5, 5.41) is 11.2. The highest BCUT2D eigenvalue weighted by atomic mass is 16.5. The lowest BCUT2D eigenvalue weighted by Gasteiger charge is -2.24. The standard InChI is InChI=1S/C16H19N3O/c1-4-19(11-12(2)10-17)16-15-6-5-14(20-3)9-13(15)7-8-18-16/h5-9,12H,4,11H2,1-3H3.